The maximum Gasteiger partial charge on any atom is 0.212 e. The molecule has 2 heterocycles. The Morgan fingerprint density at radius 3 is 2.65 bits per heavy atom. The monoisotopic (exact) mass is 438 g/mol. The number of phenolic OH excluding ortho intramolecular Hbond substituents is 1. The first-order valence-corrected chi connectivity index (χ1v) is 12.1. The quantitative estimate of drug-likeness (QED) is 0.407. The predicted molar refractivity (Wildman–Crippen MR) is 126 cm³/mol. The average Bonchev–Trinajstić information content (AvgIpc) is 3.49. The lowest BCUT2D eigenvalue weighted by atomic mass is 10.1. The second-order valence-corrected chi connectivity index (χ2v) is 9.11. The van der Waals surface area contributed by atoms with Crippen molar-refractivity contribution in [1.82, 2.24) is 9.88 Å². The highest BCUT2D eigenvalue weighted by Crippen LogP contribution is 2.40. The van der Waals surface area contributed by atoms with Crippen LogP contribution in [0.4, 0.5) is 0 Å². The minimum Gasteiger partial charge on any atom is -0.508 e. The number of ether oxygens (including phenoxy) is 1. The maximum absolute atomic E-state index is 10.3. The molecule has 1 aromatic heterocycles. The molecule has 0 bridgehead atoms. The van der Waals surface area contributed by atoms with Gasteiger partial charge in [-0.3, -0.25) is 0 Å². The summed E-state index contributed by atoms with van der Waals surface area (Å²) in [5.74, 6) is 3.34. The van der Waals surface area contributed by atoms with Crippen molar-refractivity contribution < 1.29 is 14.3 Å². The molecule has 1 aliphatic heterocycles. The number of likely N-dealkylation sites (tertiary alicyclic amines) is 1. The Morgan fingerprint density at radius 2 is 1.90 bits per heavy atom. The van der Waals surface area contributed by atoms with Crippen molar-refractivity contribution in [1.29, 1.82) is 0 Å². The van der Waals surface area contributed by atoms with Crippen molar-refractivity contribution in [2.75, 3.05) is 32.0 Å². The van der Waals surface area contributed by atoms with Crippen LogP contribution in [-0.2, 0) is 0 Å². The normalized spacial score (nSPS) is 15.3. The van der Waals surface area contributed by atoms with Crippen molar-refractivity contribution in [3.05, 3.63) is 66.2 Å². The van der Waals surface area contributed by atoms with E-state index in [-0.39, 0.29) is 11.0 Å². The topological polar surface area (TPSA) is 58.7 Å². The molecule has 3 aromatic rings. The number of nitrogens with zero attached hydrogens (tertiary/aromatic N) is 2. The van der Waals surface area contributed by atoms with Gasteiger partial charge in [-0.1, -0.05) is 25.1 Å². The highest BCUT2D eigenvalue weighted by molar-refractivity contribution is 7.99. The van der Waals surface area contributed by atoms with Gasteiger partial charge in [-0.15, -0.1) is 11.8 Å². The van der Waals surface area contributed by atoms with E-state index < -0.39 is 0 Å². The Morgan fingerprint density at radius 1 is 1.13 bits per heavy atom. The van der Waals surface area contributed by atoms with Crippen LogP contribution in [0.3, 0.4) is 0 Å². The Balaban J connectivity index is 1.38. The molecule has 164 valence electrons. The summed E-state index contributed by atoms with van der Waals surface area (Å²) in [6.45, 7) is 6.40. The second kappa shape index (κ2) is 10.7. The number of thioether (sulfide) groups is 1. The van der Waals surface area contributed by atoms with E-state index in [4.69, 9.17) is 9.15 Å². The molecule has 0 aliphatic carbocycles. The molecule has 1 atom stereocenters. The van der Waals surface area contributed by atoms with Crippen LogP contribution < -0.4 is 4.74 Å². The molecule has 0 saturated carbocycles. The number of phenols is 1. The van der Waals surface area contributed by atoms with Crippen LogP contribution in [0.5, 0.6) is 11.5 Å². The van der Waals surface area contributed by atoms with Crippen LogP contribution >= 0.6 is 11.8 Å². The lowest BCUT2D eigenvalue weighted by molar-refractivity contribution is 0.263. The maximum atomic E-state index is 10.3. The Bertz CT molecular complexity index is 951. The van der Waals surface area contributed by atoms with Gasteiger partial charge in [0, 0.05) is 17.7 Å². The molecule has 1 aliphatic rings. The molecule has 2 aromatic carbocycles. The second-order valence-electron chi connectivity index (χ2n) is 7.73. The van der Waals surface area contributed by atoms with Gasteiger partial charge < -0.3 is 19.2 Å². The lowest BCUT2D eigenvalue weighted by Crippen LogP contribution is -2.21. The van der Waals surface area contributed by atoms with E-state index in [1.165, 1.54) is 25.9 Å². The van der Waals surface area contributed by atoms with Crippen LogP contribution in [0.15, 0.2) is 59.1 Å². The van der Waals surface area contributed by atoms with Gasteiger partial charge in [0.05, 0.1) is 12.8 Å². The summed E-state index contributed by atoms with van der Waals surface area (Å²) in [5, 5.41) is 10.1. The molecule has 6 heteroatoms. The molecule has 1 fully saturated rings. The molecule has 1 unspecified atom stereocenters. The van der Waals surface area contributed by atoms with Crippen molar-refractivity contribution >= 4 is 11.8 Å². The molecule has 4 rings (SSSR count). The Hall–Kier alpha value is -2.44. The number of hydrogen-bond acceptors (Lipinski definition) is 6. The zero-order valence-electron chi connectivity index (χ0n) is 18.0. The van der Waals surface area contributed by atoms with Crippen molar-refractivity contribution in [3.63, 3.8) is 0 Å². The number of hydrogen-bond donors (Lipinski definition) is 1. The van der Waals surface area contributed by atoms with Crippen LogP contribution in [0, 0.1) is 0 Å². The van der Waals surface area contributed by atoms with Crippen LogP contribution in [-0.4, -0.2) is 47.0 Å². The standard InChI is InChI=1S/C25H30N2O3S/c1-2-31-24(21-8-3-4-9-22(21)28)25-26-18-23(30-25)19-10-12-20(13-11-19)29-17-7-16-27-14-5-6-15-27/h3-4,8-13,18,24,28H,2,5-7,14-17H2,1H3. The lowest BCUT2D eigenvalue weighted by Gasteiger charge is -2.14. The van der Waals surface area contributed by atoms with E-state index >= 15 is 0 Å². The molecule has 1 saturated heterocycles. The van der Waals surface area contributed by atoms with Crippen molar-refractivity contribution in [2.24, 2.45) is 0 Å². The van der Waals surface area contributed by atoms with Gasteiger partial charge in [0.2, 0.25) is 5.89 Å². The van der Waals surface area contributed by atoms with E-state index in [2.05, 4.69) is 16.8 Å². The van der Waals surface area contributed by atoms with E-state index in [0.29, 0.717) is 11.7 Å². The van der Waals surface area contributed by atoms with Gasteiger partial charge in [-0.25, -0.2) is 4.98 Å². The number of benzene rings is 2. The number of para-hydroxylation sites is 1. The van der Waals surface area contributed by atoms with Crippen molar-refractivity contribution in [2.45, 2.75) is 31.4 Å². The highest BCUT2D eigenvalue weighted by atomic mass is 32.2. The first-order chi connectivity index (χ1) is 15.2. The number of aromatic nitrogens is 1. The summed E-state index contributed by atoms with van der Waals surface area (Å²) in [6.07, 6.45) is 5.46. The van der Waals surface area contributed by atoms with E-state index in [1.54, 1.807) is 24.0 Å². The van der Waals surface area contributed by atoms with Crippen LogP contribution in [0.1, 0.15) is 42.9 Å². The number of oxazole rings is 1. The summed E-state index contributed by atoms with van der Waals surface area (Å²) < 4.78 is 12.0. The summed E-state index contributed by atoms with van der Waals surface area (Å²) in [7, 11) is 0. The molecule has 5 nitrogen and oxygen atoms in total. The molecule has 31 heavy (non-hydrogen) atoms. The Labute approximate surface area is 188 Å². The van der Waals surface area contributed by atoms with Crippen LogP contribution in [0.25, 0.3) is 11.3 Å². The smallest absolute Gasteiger partial charge is 0.212 e. The fourth-order valence-electron chi connectivity index (χ4n) is 3.91. The fourth-order valence-corrected chi connectivity index (χ4v) is 4.88. The van der Waals surface area contributed by atoms with Crippen LogP contribution in [0.2, 0.25) is 0 Å². The van der Waals surface area contributed by atoms with Gasteiger partial charge in [-0.05, 0) is 68.4 Å². The van der Waals surface area contributed by atoms with Gasteiger partial charge in [0.1, 0.15) is 16.7 Å². The molecular formula is C25H30N2O3S. The molecule has 0 spiro atoms. The minimum absolute atomic E-state index is 0.141. The first kappa shape index (κ1) is 21.8. The van der Waals surface area contributed by atoms with E-state index in [1.807, 2.05) is 42.5 Å². The molecular weight excluding hydrogens is 408 g/mol. The summed E-state index contributed by atoms with van der Waals surface area (Å²) in [5.41, 5.74) is 1.78. The summed E-state index contributed by atoms with van der Waals surface area (Å²) in [6, 6.07) is 15.3. The SMILES string of the molecule is CCSC(c1ncc(-c2ccc(OCCCN3CCCC3)cc2)o1)c1ccccc1O. The third-order valence-corrected chi connectivity index (χ3v) is 6.65. The van der Waals surface area contributed by atoms with Gasteiger partial charge >= 0.3 is 0 Å². The number of aromatic hydroxyl groups is 1. The molecule has 0 radical (unpaired) electrons. The largest absolute Gasteiger partial charge is 0.508 e. The average molecular weight is 439 g/mol. The third-order valence-electron chi connectivity index (χ3n) is 5.53. The van der Waals surface area contributed by atoms with E-state index in [0.717, 1.165) is 42.2 Å². The fraction of sp³-hybridized carbons (Fsp3) is 0.400. The highest BCUT2D eigenvalue weighted by Gasteiger charge is 2.23. The zero-order chi connectivity index (χ0) is 21.5. The van der Waals surface area contributed by atoms with Crippen molar-refractivity contribution in [3.8, 4) is 22.8 Å². The van der Waals surface area contributed by atoms with E-state index in [9.17, 15) is 5.11 Å². The van der Waals surface area contributed by atoms with Gasteiger partial charge in [-0.2, -0.15) is 0 Å². The zero-order valence-corrected chi connectivity index (χ0v) is 18.8. The third kappa shape index (κ3) is 5.63. The van der Waals surface area contributed by atoms with Gasteiger partial charge in [0.15, 0.2) is 5.76 Å². The van der Waals surface area contributed by atoms with Gasteiger partial charge in [0.25, 0.3) is 0 Å². The molecule has 0 amide bonds. The minimum atomic E-state index is -0.141. The Kier molecular flexibility index (Phi) is 7.54. The number of rotatable bonds is 10. The predicted octanol–water partition coefficient (Wildman–Crippen LogP) is 5.75. The first-order valence-electron chi connectivity index (χ1n) is 11.1. The summed E-state index contributed by atoms with van der Waals surface area (Å²) in [4.78, 5) is 7.02. The molecule has 1 N–H and O–H groups in total. The summed E-state index contributed by atoms with van der Waals surface area (Å²) >= 11 is 1.69.